The van der Waals surface area contributed by atoms with E-state index in [0.29, 0.717) is 12.4 Å². The van der Waals surface area contributed by atoms with Gasteiger partial charge in [-0.15, -0.1) is 0 Å². The van der Waals surface area contributed by atoms with Crippen LogP contribution in [0.2, 0.25) is 5.02 Å². The molecule has 2 aromatic rings. The Labute approximate surface area is 103 Å². The first-order chi connectivity index (χ1) is 8.18. The van der Waals surface area contributed by atoms with Gasteiger partial charge in [-0.3, -0.25) is 9.78 Å². The second-order valence-corrected chi connectivity index (χ2v) is 3.93. The summed E-state index contributed by atoms with van der Waals surface area (Å²) < 4.78 is 0. The summed E-state index contributed by atoms with van der Waals surface area (Å²) in [5, 5.41) is 3.07. The third-order valence-electron chi connectivity index (χ3n) is 2.39. The van der Waals surface area contributed by atoms with Crippen LogP contribution < -0.4 is 10.9 Å². The van der Waals surface area contributed by atoms with E-state index in [4.69, 9.17) is 11.6 Å². The maximum absolute atomic E-state index is 11.2. The topological polar surface area (TPSA) is 70.7 Å². The zero-order chi connectivity index (χ0) is 12.3. The molecule has 0 radical (unpaired) electrons. The maximum atomic E-state index is 11.2. The van der Waals surface area contributed by atoms with Crippen molar-refractivity contribution in [2.24, 2.45) is 0 Å². The van der Waals surface area contributed by atoms with Gasteiger partial charge in [0.1, 0.15) is 5.02 Å². The lowest BCUT2D eigenvalue weighted by molar-refractivity contribution is 1.04. The van der Waals surface area contributed by atoms with E-state index in [2.05, 4.69) is 20.3 Å². The van der Waals surface area contributed by atoms with Crippen LogP contribution in [-0.4, -0.2) is 15.0 Å². The Morgan fingerprint density at radius 2 is 2.35 bits per heavy atom. The lowest BCUT2D eigenvalue weighted by Crippen LogP contribution is -2.12. The van der Waals surface area contributed by atoms with E-state index in [-0.39, 0.29) is 10.6 Å². The molecule has 0 unspecified atom stereocenters. The van der Waals surface area contributed by atoms with Crippen LogP contribution in [0.15, 0.2) is 29.6 Å². The zero-order valence-electron chi connectivity index (χ0n) is 9.20. The summed E-state index contributed by atoms with van der Waals surface area (Å²) >= 11 is 5.81. The van der Waals surface area contributed by atoms with Crippen molar-refractivity contribution in [3.63, 3.8) is 0 Å². The first-order valence-corrected chi connectivity index (χ1v) is 5.43. The number of hydrogen-bond donors (Lipinski definition) is 2. The molecule has 0 amide bonds. The molecule has 0 aliphatic rings. The van der Waals surface area contributed by atoms with Crippen molar-refractivity contribution >= 4 is 17.4 Å². The fourth-order valence-corrected chi connectivity index (χ4v) is 1.54. The highest BCUT2D eigenvalue weighted by atomic mass is 35.5. The number of aryl methyl sites for hydroxylation is 1. The molecule has 88 valence electrons. The third-order valence-corrected chi connectivity index (χ3v) is 2.74. The van der Waals surface area contributed by atoms with Gasteiger partial charge in [-0.1, -0.05) is 11.6 Å². The summed E-state index contributed by atoms with van der Waals surface area (Å²) in [6, 6.07) is 1.92. The van der Waals surface area contributed by atoms with Crippen LogP contribution in [0.5, 0.6) is 0 Å². The second-order valence-electron chi connectivity index (χ2n) is 3.55. The van der Waals surface area contributed by atoms with Crippen molar-refractivity contribution in [1.82, 2.24) is 15.0 Å². The van der Waals surface area contributed by atoms with E-state index in [1.54, 1.807) is 12.4 Å². The monoisotopic (exact) mass is 250 g/mol. The summed E-state index contributed by atoms with van der Waals surface area (Å²) in [5.41, 5.74) is 1.80. The molecular weight excluding hydrogens is 240 g/mol. The van der Waals surface area contributed by atoms with Crippen LogP contribution in [0.1, 0.15) is 11.1 Å². The predicted octanol–water partition coefficient (Wildman–Crippen LogP) is 1.74. The molecule has 0 aliphatic carbocycles. The van der Waals surface area contributed by atoms with Crippen LogP contribution in [0, 0.1) is 6.92 Å². The molecule has 0 bridgehead atoms. The van der Waals surface area contributed by atoms with Crippen molar-refractivity contribution in [2.45, 2.75) is 13.5 Å². The molecule has 0 aromatic carbocycles. The largest absolute Gasteiger partial charge is 0.364 e. The Balaban J connectivity index is 2.16. The standard InChI is InChI=1S/C11H11ClN4O/c1-7-2-3-13-4-8(7)5-14-10-9(12)11(17)16-6-15-10/h2-4,6H,5H2,1H3,(H2,14,15,16,17). The number of halogens is 1. The molecule has 2 heterocycles. The molecule has 2 N–H and O–H groups in total. The molecule has 0 atom stereocenters. The smallest absolute Gasteiger partial charge is 0.271 e. The Kier molecular flexibility index (Phi) is 3.39. The van der Waals surface area contributed by atoms with Crippen LogP contribution >= 0.6 is 11.6 Å². The Bertz CT molecular complexity index is 582. The molecule has 6 heteroatoms. The number of pyridine rings is 1. The fourth-order valence-electron chi connectivity index (χ4n) is 1.37. The Morgan fingerprint density at radius 1 is 1.53 bits per heavy atom. The van der Waals surface area contributed by atoms with Gasteiger partial charge in [0.2, 0.25) is 0 Å². The minimum Gasteiger partial charge on any atom is -0.364 e. The van der Waals surface area contributed by atoms with E-state index in [1.165, 1.54) is 6.33 Å². The van der Waals surface area contributed by atoms with Gasteiger partial charge in [0.15, 0.2) is 5.82 Å². The quantitative estimate of drug-likeness (QED) is 0.871. The van der Waals surface area contributed by atoms with E-state index in [0.717, 1.165) is 11.1 Å². The minimum atomic E-state index is -0.355. The molecule has 2 aromatic heterocycles. The van der Waals surface area contributed by atoms with Gasteiger partial charge in [0, 0.05) is 18.9 Å². The van der Waals surface area contributed by atoms with Gasteiger partial charge in [0.25, 0.3) is 5.56 Å². The minimum absolute atomic E-state index is 0.0639. The molecule has 5 nitrogen and oxygen atoms in total. The Hall–Kier alpha value is -1.88. The first-order valence-electron chi connectivity index (χ1n) is 5.05. The molecule has 0 aliphatic heterocycles. The van der Waals surface area contributed by atoms with Gasteiger partial charge < -0.3 is 10.3 Å². The van der Waals surface area contributed by atoms with Gasteiger partial charge in [-0.05, 0) is 24.1 Å². The van der Waals surface area contributed by atoms with E-state index in [1.807, 2.05) is 13.0 Å². The molecular formula is C11H11ClN4O. The molecule has 0 saturated heterocycles. The lowest BCUT2D eigenvalue weighted by atomic mass is 10.1. The third kappa shape index (κ3) is 2.62. The molecule has 0 fully saturated rings. The average molecular weight is 251 g/mol. The SMILES string of the molecule is Cc1ccncc1CNc1nc[nH]c(=O)c1Cl. The highest BCUT2D eigenvalue weighted by molar-refractivity contribution is 6.32. The maximum Gasteiger partial charge on any atom is 0.271 e. The van der Waals surface area contributed by atoms with Crippen molar-refractivity contribution in [3.05, 3.63) is 51.3 Å². The summed E-state index contributed by atoms with van der Waals surface area (Å²) in [7, 11) is 0. The number of hydrogen-bond acceptors (Lipinski definition) is 4. The number of H-pyrrole nitrogens is 1. The lowest BCUT2D eigenvalue weighted by Gasteiger charge is -2.08. The van der Waals surface area contributed by atoms with Gasteiger partial charge >= 0.3 is 0 Å². The van der Waals surface area contributed by atoms with Crippen LogP contribution in [-0.2, 0) is 6.54 Å². The Morgan fingerprint density at radius 3 is 3.12 bits per heavy atom. The predicted molar refractivity (Wildman–Crippen MR) is 66.2 cm³/mol. The van der Waals surface area contributed by atoms with Crippen LogP contribution in [0.25, 0.3) is 0 Å². The number of rotatable bonds is 3. The van der Waals surface area contributed by atoms with E-state index in [9.17, 15) is 4.79 Å². The van der Waals surface area contributed by atoms with Gasteiger partial charge in [-0.2, -0.15) is 0 Å². The first kappa shape index (κ1) is 11.6. The van der Waals surface area contributed by atoms with Gasteiger partial charge in [-0.25, -0.2) is 4.98 Å². The number of anilines is 1. The highest BCUT2D eigenvalue weighted by Gasteiger charge is 2.05. The number of aromatic amines is 1. The second kappa shape index (κ2) is 4.97. The zero-order valence-corrected chi connectivity index (χ0v) is 9.95. The summed E-state index contributed by atoms with van der Waals surface area (Å²) in [4.78, 5) is 21.6. The number of aromatic nitrogens is 3. The van der Waals surface area contributed by atoms with Gasteiger partial charge in [0.05, 0.1) is 6.33 Å². The van der Waals surface area contributed by atoms with Crippen molar-refractivity contribution in [2.75, 3.05) is 5.32 Å². The molecule has 0 saturated carbocycles. The van der Waals surface area contributed by atoms with E-state index < -0.39 is 0 Å². The van der Waals surface area contributed by atoms with E-state index >= 15 is 0 Å². The fraction of sp³-hybridized carbons (Fsp3) is 0.182. The molecule has 17 heavy (non-hydrogen) atoms. The van der Waals surface area contributed by atoms with Crippen molar-refractivity contribution in [1.29, 1.82) is 0 Å². The summed E-state index contributed by atoms with van der Waals surface area (Å²) in [5.74, 6) is 0.374. The number of nitrogens with zero attached hydrogens (tertiary/aromatic N) is 2. The highest BCUT2D eigenvalue weighted by Crippen LogP contribution is 2.14. The normalized spacial score (nSPS) is 10.2. The average Bonchev–Trinajstić information content (AvgIpc) is 2.33. The number of nitrogens with one attached hydrogen (secondary N) is 2. The summed E-state index contributed by atoms with van der Waals surface area (Å²) in [6.45, 7) is 2.52. The van der Waals surface area contributed by atoms with Crippen LogP contribution in [0.4, 0.5) is 5.82 Å². The van der Waals surface area contributed by atoms with Crippen LogP contribution in [0.3, 0.4) is 0 Å². The van der Waals surface area contributed by atoms with Crippen molar-refractivity contribution < 1.29 is 0 Å². The summed E-state index contributed by atoms with van der Waals surface area (Å²) in [6.07, 6.45) is 4.81. The van der Waals surface area contributed by atoms with Crippen molar-refractivity contribution in [3.8, 4) is 0 Å². The molecule has 0 spiro atoms. The molecule has 2 rings (SSSR count).